The van der Waals surface area contributed by atoms with Gasteiger partial charge in [0.15, 0.2) is 11.6 Å². The van der Waals surface area contributed by atoms with Gasteiger partial charge in [0, 0.05) is 38.4 Å². The average Bonchev–Trinajstić information content (AvgIpc) is 3.87. The molecule has 0 saturated carbocycles. The van der Waals surface area contributed by atoms with Crippen LogP contribution in [-0.4, -0.2) is 24.1 Å². The molecule has 0 amide bonds. The van der Waals surface area contributed by atoms with Gasteiger partial charge in [-0.1, -0.05) is 186 Å². The van der Waals surface area contributed by atoms with Gasteiger partial charge in [-0.05, 0) is 92.9 Å². The maximum Gasteiger partial charge on any atom is 0.238 e. The Balaban J connectivity index is 1.07. The number of aromatic nitrogens is 5. The second-order valence-corrected chi connectivity index (χ2v) is 19.1. The topological polar surface area (TPSA) is 48.5 Å². The number of rotatable bonds is 6. The normalized spacial score (nSPS) is 15.5. The van der Waals surface area contributed by atoms with E-state index in [0.29, 0.717) is 23.5 Å². The molecule has 0 fully saturated rings. The number of hydrogen-bond donors (Lipinski definition) is 0. The van der Waals surface area contributed by atoms with Gasteiger partial charge in [-0.3, -0.25) is 4.57 Å². The summed E-state index contributed by atoms with van der Waals surface area (Å²) in [5, 5.41) is 4.74. The molecule has 3 aromatic heterocycles. The molecule has 12 rings (SSSR count). The maximum absolute atomic E-state index is 5.30. The SMILES string of the molecule is CC1CC(C)(C)c2c(-c3cccc(-n4c5ccccc5c5c6c7ccccc7n(-c7nc(-c8ccccc8)nc(-c8ccc(-c9ccccc9)cc8)n7)c6ccc54)c3)cccc2C1(C)C. The standard InChI is InChI=1S/C60H49N5/c1-38-37-59(2,3)55-45(26-17-27-48(55)60(38,4)5)43-22-16-23-44(36-43)64-49-28-14-12-24-46(49)53-51(64)34-35-52-54(53)47-25-13-15-29-50(47)65(52)58-62-56(41-20-10-7-11-21-41)61-57(63-58)42-32-30-40(31-33-42)39-18-8-6-9-19-39/h6-36,38H,37H2,1-5H3. The van der Waals surface area contributed by atoms with Crippen LogP contribution in [0.15, 0.2) is 188 Å². The second kappa shape index (κ2) is 14.7. The van der Waals surface area contributed by atoms with Gasteiger partial charge in [0.2, 0.25) is 5.95 Å². The summed E-state index contributed by atoms with van der Waals surface area (Å²) < 4.78 is 4.69. The molecule has 5 nitrogen and oxygen atoms in total. The summed E-state index contributed by atoms with van der Waals surface area (Å²) in [6, 6.07) is 67.5. The Kier molecular flexibility index (Phi) is 8.83. The summed E-state index contributed by atoms with van der Waals surface area (Å²) in [6.07, 6.45) is 1.15. The van der Waals surface area contributed by atoms with E-state index in [1.54, 1.807) is 0 Å². The van der Waals surface area contributed by atoms with Crippen LogP contribution in [0, 0.1) is 5.92 Å². The first-order chi connectivity index (χ1) is 31.7. The van der Waals surface area contributed by atoms with Crippen molar-refractivity contribution in [3.8, 4) is 56.7 Å². The number of para-hydroxylation sites is 2. The van der Waals surface area contributed by atoms with E-state index in [0.717, 1.165) is 50.7 Å². The third-order valence-electron chi connectivity index (χ3n) is 14.5. The van der Waals surface area contributed by atoms with E-state index in [4.69, 9.17) is 15.0 Å². The molecule has 65 heavy (non-hydrogen) atoms. The van der Waals surface area contributed by atoms with Crippen molar-refractivity contribution >= 4 is 43.6 Å². The zero-order chi connectivity index (χ0) is 44.0. The fourth-order valence-corrected chi connectivity index (χ4v) is 11.0. The van der Waals surface area contributed by atoms with Gasteiger partial charge < -0.3 is 4.57 Å². The fraction of sp³-hybridized carbons (Fsp3) is 0.150. The van der Waals surface area contributed by atoms with Gasteiger partial charge in [0.05, 0.1) is 22.1 Å². The summed E-state index contributed by atoms with van der Waals surface area (Å²) in [4.78, 5) is 15.7. The van der Waals surface area contributed by atoms with Crippen LogP contribution in [0.5, 0.6) is 0 Å². The lowest BCUT2D eigenvalue weighted by Crippen LogP contribution is -2.40. The molecule has 0 bridgehead atoms. The molecule has 3 heterocycles. The number of hydrogen-bond acceptors (Lipinski definition) is 3. The first-order valence-corrected chi connectivity index (χ1v) is 22.8. The Morgan fingerprint density at radius 3 is 1.62 bits per heavy atom. The first-order valence-electron chi connectivity index (χ1n) is 22.8. The molecule has 314 valence electrons. The van der Waals surface area contributed by atoms with E-state index in [1.807, 2.05) is 24.3 Å². The zero-order valence-corrected chi connectivity index (χ0v) is 37.4. The van der Waals surface area contributed by atoms with Crippen LogP contribution in [0.25, 0.3) is 100 Å². The van der Waals surface area contributed by atoms with Crippen molar-refractivity contribution in [1.82, 2.24) is 24.1 Å². The Morgan fingerprint density at radius 2 is 0.954 bits per heavy atom. The predicted molar refractivity (Wildman–Crippen MR) is 270 cm³/mol. The highest BCUT2D eigenvalue weighted by molar-refractivity contribution is 6.28. The van der Waals surface area contributed by atoms with Gasteiger partial charge in [0.25, 0.3) is 0 Å². The minimum Gasteiger partial charge on any atom is -0.309 e. The summed E-state index contributed by atoms with van der Waals surface area (Å²) in [6.45, 7) is 12.1. The molecule has 1 aliphatic rings. The van der Waals surface area contributed by atoms with E-state index in [-0.39, 0.29) is 10.8 Å². The highest BCUT2D eigenvalue weighted by Crippen LogP contribution is 2.52. The van der Waals surface area contributed by atoms with Gasteiger partial charge >= 0.3 is 0 Å². The van der Waals surface area contributed by atoms with Gasteiger partial charge in [-0.15, -0.1) is 0 Å². The predicted octanol–water partition coefficient (Wildman–Crippen LogP) is 15.3. The molecule has 11 aromatic rings. The summed E-state index contributed by atoms with van der Waals surface area (Å²) in [7, 11) is 0. The molecule has 8 aromatic carbocycles. The lowest BCUT2D eigenvalue weighted by molar-refractivity contribution is 0.234. The Bertz CT molecular complexity index is 3630. The van der Waals surface area contributed by atoms with Crippen LogP contribution in [0.4, 0.5) is 0 Å². The summed E-state index contributed by atoms with van der Waals surface area (Å²) in [5.74, 6) is 2.41. The maximum atomic E-state index is 5.30. The molecule has 0 aliphatic heterocycles. The molecule has 0 N–H and O–H groups in total. The second-order valence-electron chi connectivity index (χ2n) is 19.1. The first kappa shape index (κ1) is 39.0. The van der Waals surface area contributed by atoms with Crippen LogP contribution < -0.4 is 0 Å². The zero-order valence-electron chi connectivity index (χ0n) is 37.4. The van der Waals surface area contributed by atoms with Crippen LogP contribution in [0.1, 0.15) is 52.2 Å². The highest BCUT2D eigenvalue weighted by Gasteiger charge is 2.43. The molecule has 0 spiro atoms. The number of nitrogens with zero attached hydrogens (tertiary/aromatic N) is 5. The molecule has 1 unspecified atom stereocenters. The van der Waals surface area contributed by atoms with Crippen molar-refractivity contribution in [3.63, 3.8) is 0 Å². The lowest BCUT2D eigenvalue weighted by Gasteiger charge is -2.47. The minimum atomic E-state index is 0.0533. The molecular weight excluding hydrogens is 791 g/mol. The summed E-state index contributed by atoms with van der Waals surface area (Å²) >= 11 is 0. The lowest BCUT2D eigenvalue weighted by atomic mass is 9.57. The van der Waals surface area contributed by atoms with Crippen molar-refractivity contribution in [2.24, 2.45) is 5.92 Å². The minimum absolute atomic E-state index is 0.0533. The fourth-order valence-electron chi connectivity index (χ4n) is 11.0. The van der Waals surface area contributed by atoms with Crippen molar-refractivity contribution < 1.29 is 0 Å². The van der Waals surface area contributed by atoms with Crippen LogP contribution >= 0.6 is 0 Å². The van der Waals surface area contributed by atoms with Crippen molar-refractivity contribution in [3.05, 3.63) is 199 Å². The third-order valence-corrected chi connectivity index (χ3v) is 14.5. The Labute approximate surface area is 379 Å². The van der Waals surface area contributed by atoms with Crippen molar-refractivity contribution in [2.75, 3.05) is 0 Å². The molecule has 0 saturated heterocycles. The molecule has 5 heteroatoms. The molecule has 0 radical (unpaired) electrons. The van der Waals surface area contributed by atoms with E-state index in [9.17, 15) is 0 Å². The Morgan fingerprint density at radius 1 is 0.446 bits per heavy atom. The third kappa shape index (κ3) is 6.17. The van der Waals surface area contributed by atoms with E-state index < -0.39 is 0 Å². The quantitative estimate of drug-likeness (QED) is 0.168. The molecular formula is C60H49N5. The Hall–Kier alpha value is -7.63. The van der Waals surface area contributed by atoms with E-state index >= 15 is 0 Å². The van der Waals surface area contributed by atoms with Gasteiger partial charge in [-0.25, -0.2) is 4.98 Å². The highest BCUT2D eigenvalue weighted by atomic mass is 15.2. The monoisotopic (exact) mass is 839 g/mol. The van der Waals surface area contributed by atoms with Crippen molar-refractivity contribution in [2.45, 2.75) is 51.9 Å². The largest absolute Gasteiger partial charge is 0.309 e. The number of fused-ring (bicyclic) bond motifs is 8. The number of benzene rings is 8. The smallest absolute Gasteiger partial charge is 0.238 e. The molecule has 1 aliphatic carbocycles. The molecule has 1 atom stereocenters. The van der Waals surface area contributed by atoms with E-state index in [2.05, 4.69) is 208 Å². The van der Waals surface area contributed by atoms with Crippen LogP contribution in [-0.2, 0) is 10.8 Å². The van der Waals surface area contributed by atoms with Crippen LogP contribution in [0.2, 0.25) is 0 Å². The van der Waals surface area contributed by atoms with Crippen LogP contribution in [0.3, 0.4) is 0 Å². The summed E-state index contributed by atoms with van der Waals surface area (Å²) in [5.41, 5.74) is 15.4. The van der Waals surface area contributed by atoms with Crippen molar-refractivity contribution in [1.29, 1.82) is 0 Å². The van der Waals surface area contributed by atoms with Gasteiger partial charge in [-0.2, -0.15) is 9.97 Å². The average molecular weight is 840 g/mol. The van der Waals surface area contributed by atoms with Gasteiger partial charge in [0.1, 0.15) is 0 Å². The van der Waals surface area contributed by atoms with E-state index in [1.165, 1.54) is 49.5 Å².